The molecule has 17 heteroatoms. The summed E-state index contributed by atoms with van der Waals surface area (Å²) in [6, 6.07) is 14.3. The van der Waals surface area contributed by atoms with E-state index in [1.54, 1.807) is 53.8 Å². The monoisotopic (exact) mass is 737 g/mol. The first-order chi connectivity index (χ1) is 25.9. The number of nitrogens with one attached hydrogen (secondary N) is 2. The Morgan fingerprint density at radius 2 is 1.54 bits per heavy atom. The van der Waals surface area contributed by atoms with Crippen LogP contribution in [0, 0.1) is 13.8 Å². The van der Waals surface area contributed by atoms with Crippen LogP contribution in [-0.4, -0.2) is 83.3 Å². The Labute approximate surface area is 312 Å². The third-order valence-corrected chi connectivity index (χ3v) is 8.95. The molecule has 6 aromatic rings. The molecule has 0 spiro atoms. The molecular weight excluding hydrogens is 690 g/mol. The van der Waals surface area contributed by atoms with Crippen LogP contribution >= 0.6 is 0 Å². The van der Waals surface area contributed by atoms with E-state index in [0.717, 1.165) is 48.1 Å². The number of aryl methyl sites for hydroxylation is 6. The Balaban J connectivity index is 0.000000486. The normalized spacial score (nSPS) is 11.0. The predicted molar refractivity (Wildman–Crippen MR) is 208 cm³/mol. The molecule has 0 fully saturated rings. The summed E-state index contributed by atoms with van der Waals surface area (Å²) in [5.74, 6) is -0.0242. The molecule has 284 valence electrons. The standard InChI is InChI=1S/C30H37N11O3.C7H10N2O/c1-5-41-24(15-18(2)37-41)28(44)36-30-35-26-22(38(4)25(42)17-31)9-8-10-23(26)40(30)14-7-6-13-39-21-12-11-19(27(32)43)16-20(21)34-29(39)33-3;1-3-9-7(5-10)4-6(2)8-9/h8-12,15-16H,5-7,13-14,17,31H2,1-4H3,(H2,32,43)(H,33,34)(H,35,36,44);4-5H,3H2,1-2H3. The van der Waals surface area contributed by atoms with Gasteiger partial charge in [0.15, 0.2) is 6.29 Å². The van der Waals surface area contributed by atoms with Crippen LogP contribution in [0.15, 0.2) is 48.5 Å². The number of hydrogen-bond acceptors (Lipinski definition) is 10. The number of aromatic nitrogens is 8. The highest BCUT2D eigenvalue weighted by molar-refractivity contribution is 6.05. The van der Waals surface area contributed by atoms with Crippen LogP contribution in [0.4, 0.5) is 17.6 Å². The maximum atomic E-state index is 13.4. The highest BCUT2D eigenvalue weighted by atomic mass is 16.2. The number of carbonyl (C=O) groups is 4. The topological polar surface area (TPSA) is 219 Å². The molecule has 17 nitrogen and oxygen atoms in total. The zero-order valence-electron chi connectivity index (χ0n) is 31.5. The van der Waals surface area contributed by atoms with Gasteiger partial charge in [0.1, 0.15) is 16.9 Å². The summed E-state index contributed by atoms with van der Waals surface area (Å²) in [6.45, 7) is 9.96. The number of anilines is 3. The molecule has 0 unspecified atom stereocenters. The summed E-state index contributed by atoms with van der Waals surface area (Å²) in [6.07, 6.45) is 2.34. The van der Waals surface area contributed by atoms with E-state index in [9.17, 15) is 19.2 Å². The summed E-state index contributed by atoms with van der Waals surface area (Å²) in [4.78, 5) is 58.7. The van der Waals surface area contributed by atoms with Gasteiger partial charge < -0.3 is 30.8 Å². The first kappa shape index (κ1) is 38.9. The van der Waals surface area contributed by atoms with Crippen LogP contribution in [0.25, 0.3) is 22.1 Å². The highest BCUT2D eigenvalue weighted by Crippen LogP contribution is 2.30. The molecule has 4 aromatic heterocycles. The molecule has 2 aromatic carbocycles. The van der Waals surface area contributed by atoms with Gasteiger partial charge in [-0.05, 0) is 83.0 Å². The second-order valence-corrected chi connectivity index (χ2v) is 12.6. The van der Waals surface area contributed by atoms with E-state index in [1.807, 2.05) is 50.5 Å². The lowest BCUT2D eigenvalue weighted by Crippen LogP contribution is -2.32. The Morgan fingerprint density at radius 1 is 0.870 bits per heavy atom. The summed E-state index contributed by atoms with van der Waals surface area (Å²) in [7, 11) is 3.46. The molecule has 4 heterocycles. The van der Waals surface area contributed by atoms with Crippen LogP contribution in [0.5, 0.6) is 0 Å². The van der Waals surface area contributed by atoms with Crippen molar-refractivity contribution in [3.63, 3.8) is 0 Å². The lowest BCUT2D eigenvalue weighted by Gasteiger charge is -2.16. The Morgan fingerprint density at radius 3 is 2.15 bits per heavy atom. The van der Waals surface area contributed by atoms with Gasteiger partial charge in [0.2, 0.25) is 23.7 Å². The number of fused-ring (bicyclic) bond motifs is 2. The zero-order valence-corrected chi connectivity index (χ0v) is 31.5. The quantitative estimate of drug-likeness (QED) is 0.0938. The summed E-state index contributed by atoms with van der Waals surface area (Å²) in [5, 5.41) is 14.6. The van der Waals surface area contributed by atoms with Gasteiger partial charge >= 0.3 is 0 Å². The molecule has 0 radical (unpaired) electrons. The summed E-state index contributed by atoms with van der Waals surface area (Å²) >= 11 is 0. The number of primary amides is 1. The van der Waals surface area contributed by atoms with E-state index in [-0.39, 0.29) is 18.4 Å². The molecule has 54 heavy (non-hydrogen) atoms. The lowest BCUT2D eigenvalue weighted by molar-refractivity contribution is -0.117. The number of benzene rings is 2. The van der Waals surface area contributed by atoms with Gasteiger partial charge in [-0.1, -0.05) is 6.07 Å². The van der Waals surface area contributed by atoms with Gasteiger partial charge in [-0.15, -0.1) is 0 Å². The fraction of sp³-hybridized carbons (Fsp3) is 0.351. The maximum Gasteiger partial charge on any atom is 0.276 e. The minimum Gasteiger partial charge on any atom is -0.366 e. The number of amides is 3. The third kappa shape index (κ3) is 8.15. The molecule has 3 amide bonds. The van der Waals surface area contributed by atoms with Gasteiger partial charge in [0.05, 0.1) is 40.2 Å². The average molecular weight is 738 g/mol. The van der Waals surface area contributed by atoms with E-state index >= 15 is 0 Å². The second-order valence-electron chi connectivity index (χ2n) is 12.6. The predicted octanol–water partition coefficient (Wildman–Crippen LogP) is 3.73. The van der Waals surface area contributed by atoms with Crippen LogP contribution < -0.4 is 27.0 Å². The Hall–Kier alpha value is -6.36. The molecule has 0 atom stereocenters. The van der Waals surface area contributed by atoms with E-state index < -0.39 is 5.91 Å². The lowest BCUT2D eigenvalue weighted by atomic mass is 10.2. The van der Waals surface area contributed by atoms with Crippen molar-refractivity contribution in [2.45, 2.75) is 66.7 Å². The van der Waals surface area contributed by atoms with Gasteiger partial charge in [-0.2, -0.15) is 10.2 Å². The zero-order chi connectivity index (χ0) is 39.1. The number of hydrogen-bond donors (Lipinski definition) is 4. The molecular formula is C37H47N13O4. The first-order valence-corrected chi connectivity index (χ1v) is 17.7. The summed E-state index contributed by atoms with van der Waals surface area (Å²) < 4.78 is 7.36. The molecule has 6 rings (SSSR count). The minimum absolute atomic E-state index is 0.140. The van der Waals surface area contributed by atoms with E-state index in [0.29, 0.717) is 65.2 Å². The first-order valence-electron chi connectivity index (χ1n) is 17.7. The van der Waals surface area contributed by atoms with Crippen molar-refractivity contribution in [3.05, 3.63) is 76.9 Å². The molecule has 0 aliphatic carbocycles. The average Bonchev–Trinajstić information content (AvgIpc) is 3.94. The van der Waals surface area contributed by atoms with Crippen molar-refractivity contribution in [1.82, 2.24) is 38.7 Å². The molecule has 0 bridgehead atoms. The SMILES string of the molecule is CCn1nc(C)cc1C(=O)Nc1nc2c(N(C)C(=O)CN)cccc2n1CCCCn1c(NC)nc2cc(C(N)=O)ccc21.CCn1nc(C)cc1C=O. The summed E-state index contributed by atoms with van der Waals surface area (Å²) in [5.41, 5.74) is 17.7. The molecule has 6 N–H and O–H groups in total. The van der Waals surface area contributed by atoms with E-state index in [2.05, 4.69) is 30.4 Å². The third-order valence-electron chi connectivity index (χ3n) is 8.95. The molecule has 0 aliphatic rings. The van der Waals surface area contributed by atoms with Crippen LogP contribution in [-0.2, 0) is 31.0 Å². The van der Waals surface area contributed by atoms with Crippen molar-refractivity contribution >= 4 is 63.7 Å². The highest BCUT2D eigenvalue weighted by Gasteiger charge is 2.22. The number of carbonyl (C=O) groups excluding carboxylic acids is 4. The fourth-order valence-corrected chi connectivity index (χ4v) is 6.28. The number of rotatable bonds is 14. The maximum absolute atomic E-state index is 13.4. The van der Waals surface area contributed by atoms with Gasteiger partial charge in [0, 0.05) is 45.8 Å². The number of para-hydroxylation sites is 1. The Bertz CT molecular complexity index is 2310. The number of likely N-dealkylation sites (N-methyl/N-ethyl adjacent to an activating group) is 1. The van der Waals surface area contributed by atoms with Gasteiger partial charge in [-0.25, -0.2) is 9.97 Å². The number of imidazole rings is 2. The van der Waals surface area contributed by atoms with Crippen molar-refractivity contribution < 1.29 is 19.2 Å². The van der Waals surface area contributed by atoms with Gasteiger partial charge in [-0.3, -0.25) is 33.9 Å². The number of aldehydes is 1. The smallest absolute Gasteiger partial charge is 0.276 e. The molecule has 0 aliphatic heterocycles. The van der Waals surface area contributed by atoms with Crippen LogP contribution in [0.1, 0.15) is 69.4 Å². The van der Waals surface area contributed by atoms with Crippen LogP contribution in [0.3, 0.4) is 0 Å². The molecule has 0 saturated heterocycles. The van der Waals surface area contributed by atoms with E-state index in [4.69, 9.17) is 16.5 Å². The Kier molecular flexibility index (Phi) is 12.2. The number of nitrogens with two attached hydrogens (primary N) is 2. The number of unbranched alkanes of at least 4 members (excludes halogenated alkanes) is 1. The van der Waals surface area contributed by atoms with Crippen LogP contribution in [0.2, 0.25) is 0 Å². The number of nitrogens with zero attached hydrogens (tertiary/aromatic N) is 9. The second kappa shape index (κ2) is 17.0. The van der Waals surface area contributed by atoms with Gasteiger partial charge in [0.25, 0.3) is 5.91 Å². The van der Waals surface area contributed by atoms with Crippen molar-refractivity contribution in [1.29, 1.82) is 0 Å². The van der Waals surface area contributed by atoms with Crippen molar-refractivity contribution in [3.8, 4) is 0 Å². The molecule has 0 saturated carbocycles. The van der Waals surface area contributed by atoms with E-state index in [1.165, 1.54) is 4.90 Å². The fourth-order valence-electron chi connectivity index (χ4n) is 6.28. The minimum atomic E-state index is -0.501. The largest absolute Gasteiger partial charge is 0.366 e. The van der Waals surface area contributed by atoms with Crippen molar-refractivity contribution in [2.75, 3.05) is 36.2 Å². The van der Waals surface area contributed by atoms with Crippen molar-refractivity contribution in [2.24, 2.45) is 11.5 Å².